The standard InChI is InChI=1S/C33H39FN6O4S/c1-39(2)15-16-40-31-22(21-36-33(38-31)37-23-3-5-24(6-4-23)44-25-9-13-35-14-10-25)19-29(32(40)41)28-8-7-27(20-30(28)34)45(42)26-11-17-43-18-12-26/h3-8,19-21,25-26,35H,9-18H2,1-2H3,(H,36,37,38). The number of nitrogens with zero attached hydrogens (tertiary/aromatic N) is 4. The number of ether oxygens (including phenoxy) is 2. The van der Waals surface area contributed by atoms with Crippen molar-refractivity contribution < 1.29 is 18.1 Å². The first-order valence-corrected chi connectivity index (χ1v) is 16.6. The van der Waals surface area contributed by atoms with Gasteiger partial charge in [0, 0.05) is 59.3 Å². The maximum Gasteiger partial charge on any atom is 0.260 e. The first kappa shape index (κ1) is 31.3. The molecule has 10 nitrogen and oxygen atoms in total. The third-order valence-corrected chi connectivity index (χ3v) is 10.0. The average Bonchev–Trinajstić information content (AvgIpc) is 3.05. The second kappa shape index (κ2) is 14.2. The van der Waals surface area contributed by atoms with Crippen molar-refractivity contribution in [3.63, 3.8) is 0 Å². The number of hydrogen-bond donors (Lipinski definition) is 2. The maximum atomic E-state index is 15.6. The van der Waals surface area contributed by atoms with Crippen LogP contribution >= 0.6 is 0 Å². The first-order chi connectivity index (χ1) is 21.9. The summed E-state index contributed by atoms with van der Waals surface area (Å²) >= 11 is 0. The number of anilines is 2. The van der Waals surface area contributed by atoms with E-state index < -0.39 is 16.6 Å². The molecule has 2 saturated heterocycles. The molecule has 238 valence electrons. The molecule has 4 heterocycles. The lowest BCUT2D eigenvalue weighted by atomic mass is 10.1. The molecule has 45 heavy (non-hydrogen) atoms. The van der Waals surface area contributed by atoms with E-state index in [0.717, 1.165) is 37.4 Å². The Morgan fingerprint density at radius 1 is 1.07 bits per heavy atom. The van der Waals surface area contributed by atoms with Gasteiger partial charge in [-0.2, -0.15) is 4.98 Å². The van der Waals surface area contributed by atoms with Crippen molar-refractivity contribution >= 4 is 33.5 Å². The second-order valence-corrected chi connectivity index (χ2v) is 13.5. The van der Waals surface area contributed by atoms with E-state index in [1.807, 2.05) is 43.3 Å². The van der Waals surface area contributed by atoms with E-state index in [1.165, 1.54) is 6.07 Å². The molecular weight excluding hydrogens is 595 g/mol. The summed E-state index contributed by atoms with van der Waals surface area (Å²) in [5, 5.41) is 7.10. The van der Waals surface area contributed by atoms with Crippen LogP contribution in [0.4, 0.5) is 16.0 Å². The molecule has 6 rings (SSSR count). The van der Waals surface area contributed by atoms with Crippen LogP contribution in [0.2, 0.25) is 0 Å². The Morgan fingerprint density at radius 2 is 1.82 bits per heavy atom. The van der Waals surface area contributed by atoms with Crippen LogP contribution in [0.3, 0.4) is 0 Å². The molecule has 2 N–H and O–H groups in total. The van der Waals surface area contributed by atoms with Crippen molar-refractivity contribution in [2.45, 2.75) is 48.5 Å². The fraction of sp³-hybridized carbons (Fsp3) is 0.424. The molecule has 0 amide bonds. The zero-order valence-electron chi connectivity index (χ0n) is 25.6. The van der Waals surface area contributed by atoms with E-state index >= 15 is 4.39 Å². The Labute approximate surface area is 264 Å². The van der Waals surface area contributed by atoms with Crippen molar-refractivity contribution in [3.8, 4) is 16.9 Å². The van der Waals surface area contributed by atoms with E-state index in [0.29, 0.717) is 61.0 Å². The predicted octanol–water partition coefficient (Wildman–Crippen LogP) is 4.32. The highest BCUT2D eigenvalue weighted by molar-refractivity contribution is 7.85. The number of nitrogens with one attached hydrogen (secondary N) is 2. The minimum atomic E-state index is -1.35. The summed E-state index contributed by atoms with van der Waals surface area (Å²) in [5.74, 6) is 0.564. The molecule has 0 bridgehead atoms. The lowest BCUT2D eigenvalue weighted by molar-refractivity contribution is 0.0992. The third kappa shape index (κ3) is 7.41. The van der Waals surface area contributed by atoms with E-state index in [4.69, 9.17) is 14.5 Å². The largest absolute Gasteiger partial charge is 0.490 e. The van der Waals surface area contributed by atoms with Gasteiger partial charge < -0.3 is 25.0 Å². The maximum absolute atomic E-state index is 15.6. The number of hydrogen-bond acceptors (Lipinski definition) is 9. The fourth-order valence-corrected chi connectivity index (χ4v) is 7.12. The Balaban J connectivity index is 1.28. The number of rotatable bonds is 10. The van der Waals surface area contributed by atoms with Gasteiger partial charge in [-0.05, 0) is 95.3 Å². The monoisotopic (exact) mass is 634 g/mol. The molecule has 4 aromatic rings. The van der Waals surface area contributed by atoms with Gasteiger partial charge in [0.05, 0.1) is 16.4 Å². The summed E-state index contributed by atoms with van der Waals surface area (Å²) in [4.78, 5) is 25.5. The van der Waals surface area contributed by atoms with Crippen LogP contribution in [-0.2, 0) is 22.1 Å². The Kier molecular flexibility index (Phi) is 9.84. The van der Waals surface area contributed by atoms with Crippen molar-refractivity contribution in [2.24, 2.45) is 0 Å². The van der Waals surface area contributed by atoms with Gasteiger partial charge in [-0.1, -0.05) is 6.07 Å². The molecule has 12 heteroatoms. The molecule has 1 unspecified atom stereocenters. The highest BCUT2D eigenvalue weighted by Gasteiger charge is 2.23. The Morgan fingerprint density at radius 3 is 2.53 bits per heavy atom. The van der Waals surface area contributed by atoms with E-state index in [-0.39, 0.29) is 28.0 Å². The van der Waals surface area contributed by atoms with Crippen molar-refractivity contribution in [1.29, 1.82) is 0 Å². The molecule has 0 saturated carbocycles. The Hall–Kier alpha value is -3.71. The number of halogens is 1. The Bertz CT molecular complexity index is 1720. The van der Waals surface area contributed by atoms with Crippen LogP contribution in [0.15, 0.2) is 64.4 Å². The summed E-state index contributed by atoms with van der Waals surface area (Å²) in [6.07, 6.45) is 5.17. The topological polar surface area (TPSA) is 111 Å². The van der Waals surface area contributed by atoms with Crippen LogP contribution in [0.1, 0.15) is 25.7 Å². The number of pyridine rings is 1. The SMILES string of the molecule is CN(C)CCn1c(=O)c(-c2ccc(S(=O)C3CCOCC3)cc2F)cc2cnc(Nc3ccc(OC4CCNCC4)cc3)nc21. The molecule has 0 aliphatic carbocycles. The minimum absolute atomic E-state index is 0.0709. The minimum Gasteiger partial charge on any atom is -0.490 e. The molecule has 2 aliphatic rings. The van der Waals surface area contributed by atoms with Crippen LogP contribution < -0.4 is 20.9 Å². The summed E-state index contributed by atoms with van der Waals surface area (Å²) < 4.78 is 41.7. The normalized spacial score (nSPS) is 17.1. The van der Waals surface area contributed by atoms with Gasteiger partial charge in [0.15, 0.2) is 0 Å². The zero-order valence-corrected chi connectivity index (χ0v) is 26.4. The number of fused-ring (bicyclic) bond motifs is 1. The lowest BCUT2D eigenvalue weighted by Crippen LogP contribution is -2.34. The molecule has 2 fully saturated rings. The summed E-state index contributed by atoms with van der Waals surface area (Å²) in [6.45, 7) is 3.97. The number of likely N-dealkylation sites (N-methyl/N-ethyl adjacent to an activating group) is 1. The fourth-order valence-electron chi connectivity index (χ4n) is 5.69. The quantitative estimate of drug-likeness (QED) is 0.264. The van der Waals surface area contributed by atoms with Gasteiger partial charge in [-0.3, -0.25) is 13.6 Å². The van der Waals surface area contributed by atoms with E-state index in [2.05, 4.69) is 15.6 Å². The zero-order chi connectivity index (χ0) is 31.3. The van der Waals surface area contributed by atoms with Crippen molar-refractivity contribution in [1.82, 2.24) is 24.8 Å². The van der Waals surface area contributed by atoms with Gasteiger partial charge >= 0.3 is 0 Å². The second-order valence-electron chi connectivity index (χ2n) is 11.8. The number of aromatic nitrogens is 3. The third-order valence-electron chi connectivity index (χ3n) is 8.23. The van der Waals surface area contributed by atoms with Gasteiger partial charge in [-0.25, -0.2) is 9.37 Å². The van der Waals surface area contributed by atoms with Gasteiger partial charge in [-0.15, -0.1) is 0 Å². The van der Waals surface area contributed by atoms with E-state index in [9.17, 15) is 9.00 Å². The highest BCUT2D eigenvalue weighted by atomic mass is 32.2. The summed E-state index contributed by atoms with van der Waals surface area (Å²) in [7, 11) is 2.50. The molecule has 0 spiro atoms. The highest BCUT2D eigenvalue weighted by Crippen LogP contribution is 2.28. The average molecular weight is 635 g/mol. The van der Waals surface area contributed by atoms with Crippen molar-refractivity contribution in [2.75, 3.05) is 52.3 Å². The van der Waals surface area contributed by atoms with Crippen LogP contribution in [0.5, 0.6) is 5.75 Å². The summed E-state index contributed by atoms with van der Waals surface area (Å²) in [6, 6.07) is 13.8. The lowest BCUT2D eigenvalue weighted by Gasteiger charge is -2.23. The molecule has 2 aromatic heterocycles. The molecular formula is C33H39FN6O4S. The number of piperidine rings is 1. The van der Waals surface area contributed by atoms with Gasteiger partial charge in [0.25, 0.3) is 5.56 Å². The molecule has 2 aliphatic heterocycles. The van der Waals surface area contributed by atoms with Crippen molar-refractivity contribution in [3.05, 3.63) is 70.9 Å². The smallest absolute Gasteiger partial charge is 0.260 e. The van der Waals surface area contributed by atoms with Crippen LogP contribution in [0, 0.1) is 5.82 Å². The summed E-state index contributed by atoms with van der Waals surface area (Å²) in [5.41, 5.74) is 1.24. The van der Waals surface area contributed by atoms with Crippen LogP contribution in [-0.4, -0.2) is 81.9 Å². The molecule has 2 aromatic carbocycles. The van der Waals surface area contributed by atoms with Gasteiger partial charge in [0.1, 0.15) is 23.3 Å². The molecule has 1 atom stereocenters. The predicted molar refractivity (Wildman–Crippen MR) is 174 cm³/mol. The molecule has 0 radical (unpaired) electrons. The number of benzene rings is 2. The van der Waals surface area contributed by atoms with E-state index in [1.54, 1.807) is 29.0 Å². The first-order valence-electron chi connectivity index (χ1n) is 15.4. The van der Waals surface area contributed by atoms with Crippen LogP contribution in [0.25, 0.3) is 22.2 Å². The van der Waals surface area contributed by atoms with Gasteiger partial charge in [0.2, 0.25) is 5.95 Å².